The minimum atomic E-state index is -0.892. The predicted octanol–water partition coefficient (Wildman–Crippen LogP) is 3.59. The molecule has 1 atom stereocenters. The van der Waals surface area contributed by atoms with Gasteiger partial charge in [0.2, 0.25) is 0 Å². The zero-order valence-electron chi connectivity index (χ0n) is 12.5. The third-order valence-electron chi connectivity index (χ3n) is 3.75. The van der Waals surface area contributed by atoms with Gasteiger partial charge in [0.05, 0.1) is 5.56 Å². The Balaban J connectivity index is 2.14. The lowest BCUT2D eigenvalue weighted by Crippen LogP contribution is -2.21. The number of carboxylic acids is 1. The van der Waals surface area contributed by atoms with Gasteiger partial charge in [-0.05, 0) is 55.6 Å². The molecule has 3 heteroatoms. The van der Waals surface area contributed by atoms with E-state index in [1.165, 1.54) is 5.56 Å². The number of rotatable bonds is 6. The summed E-state index contributed by atoms with van der Waals surface area (Å²) in [5.74, 6) is -0.892. The Bertz CT molecular complexity index is 605. The van der Waals surface area contributed by atoms with Crippen LogP contribution in [0.1, 0.15) is 29.3 Å². The normalized spacial score (nSPS) is 12.1. The van der Waals surface area contributed by atoms with Crippen LogP contribution >= 0.6 is 0 Å². The second-order valence-electron chi connectivity index (χ2n) is 5.31. The van der Waals surface area contributed by atoms with E-state index in [1.54, 1.807) is 12.1 Å². The van der Waals surface area contributed by atoms with Gasteiger partial charge in [0.1, 0.15) is 0 Å². The molecule has 0 aromatic heterocycles. The Morgan fingerprint density at radius 3 is 2.48 bits per heavy atom. The molecule has 3 nitrogen and oxygen atoms in total. The monoisotopic (exact) mass is 283 g/mol. The number of aryl methyl sites for hydroxylation is 1. The summed E-state index contributed by atoms with van der Waals surface area (Å²) in [6.07, 6.45) is 2.13. The van der Waals surface area contributed by atoms with Gasteiger partial charge >= 0.3 is 5.97 Å². The molecule has 2 aromatic rings. The van der Waals surface area contributed by atoms with Crippen molar-refractivity contribution in [1.82, 2.24) is 5.32 Å². The Morgan fingerprint density at radius 1 is 1.14 bits per heavy atom. The second-order valence-corrected chi connectivity index (χ2v) is 5.31. The molecule has 0 aliphatic heterocycles. The van der Waals surface area contributed by atoms with Crippen LogP contribution in [0.25, 0.3) is 11.1 Å². The van der Waals surface area contributed by atoms with Crippen LogP contribution in [-0.2, 0) is 6.42 Å². The molecule has 0 aliphatic carbocycles. The standard InChI is InChI=1S/C18H21NO2/c1-13(19-2)6-7-14-4-3-5-17(12-14)15-8-10-16(11-9-15)18(20)21/h3-5,8-13,19H,6-7H2,1-2H3,(H,20,21). The molecule has 2 rings (SSSR count). The lowest BCUT2D eigenvalue weighted by Gasteiger charge is -2.10. The molecule has 2 aromatic carbocycles. The zero-order chi connectivity index (χ0) is 15.2. The fourth-order valence-electron chi connectivity index (χ4n) is 2.24. The Labute approximate surface area is 125 Å². The third kappa shape index (κ3) is 4.17. The SMILES string of the molecule is CNC(C)CCc1cccc(-c2ccc(C(=O)O)cc2)c1. The topological polar surface area (TPSA) is 49.3 Å². The van der Waals surface area contributed by atoms with Gasteiger partial charge in [-0.3, -0.25) is 0 Å². The average molecular weight is 283 g/mol. The minimum Gasteiger partial charge on any atom is -0.478 e. The van der Waals surface area contributed by atoms with Crippen LogP contribution in [-0.4, -0.2) is 24.2 Å². The number of aromatic carboxylic acids is 1. The van der Waals surface area contributed by atoms with E-state index in [1.807, 2.05) is 19.2 Å². The number of hydrogen-bond acceptors (Lipinski definition) is 2. The van der Waals surface area contributed by atoms with Crippen LogP contribution in [0.5, 0.6) is 0 Å². The van der Waals surface area contributed by atoms with Crippen LogP contribution in [0.3, 0.4) is 0 Å². The fraction of sp³-hybridized carbons (Fsp3) is 0.278. The van der Waals surface area contributed by atoms with Crippen molar-refractivity contribution in [2.24, 2.45) is 0 Å². The smallest absolute Gasteiger partial charge is 0.335 e. The van der Waals surface area contributed by atoms with E-state index in [0.29, 0.717) is 11.6 Å². The highest BCUT2D eigenvalue weighted by Crippen LogP contribution is 2.22. The van der Waals surface area contributed by atoms with Gasteiger partial charge < -0.3 is 10.4 Å². The van der Waals surface area contributed by atoms with Crippen molar-refractivity contribution in [2.45, 2.75) is 25.8 Å². The Kier molecular flexibility index (Phi) is 5.12. The molecular formula is C18H21NO2. The van der Waals surface area contributed by atoms with E-state index < -0.39 is 5.97 Å². The van der Waals surface area contributed by atoms with E-state index >= 15 is 0 Å². The maximum absolute atomic E-state index is 10.9. The number of hydrogen-bond donors (Lipinski definition) is 2. The quantitative estimate of drug-likeness (QED) is 0.851. The molecule has 2 N–H and O–H groups in total. The van der Waals surface area contributed by atoms with Gasteiger partial charge in [0.15, 0.2) is 0 Å². The first kappa shape index (κ1) is 15.3. The molecule has 0 radical (unpaired) electrons. The summed E-state index contributed by atoms with van der Waals surface area (Å²) in [4.78, 5) is 10.9. The molecule has 0 aliphatic rings. The highest BCUT2D eigenvalue weighted by Gasteiger charge is 2.05. The average Bonchev–Trinajstić information content (AvgIpc) is 2.53. The van der Waals surface area contributed by atoms with Crippen molar-refractivity contribution in [3.05, 3.63) is 59.7 Å². The number of carbonyl (C=O) groups is 1. The van der Waals surface area contributed by atoms with Crippen LogP contribution in [0.4, 0.5) is 0 Å². The first-order chi connectivity index (χ1) is 10.1. The second kappa shape index (κ2) is 7.04. The fourth-order valence-corrected chi connectivity index (χ4v) is 2.24. The molecule has 0 saturated heterocycles. The summed E-state index contributed by atoms with van der Waals surface area (Å²) in [6.45, 7) is 2.18. The van der Waals surface area contributed by atoms with Crippen molar-refractivity contribution in [3.8, 4) is 11.1 Å². The predicted molar refractivity (Wildman–Crippen MR) is 85.7 cm³/mol. The summed E-state index contributed by atoms with van der Waals surface area (Å²) in [5.41, 5.74) is 3.79. The summed E-state index contributed by atoms with van der Waals surface area (Å²) < 4.78 is 0. The molecule has 21 heavy (non-hydrogen) atoms. The van der Waals surface area contributed by atoms with Crippen LogP contribution in [0.2, 0.25) is 0 Å². The Morgan fingerprint density at radius 2 is 1.86 bits per heavy atom. The largest absolute Gasteiger partial charge is 0.478 e. The summed E-state index contributed by atoms with van der Waals surface area (Å²) >= 11 is 0. The first-order valence-electron chi connectivity index (χ1n) is 7.20. The summed E-state index contributed by atoms with van der Waals surface area (Å²) in [6, 6.07) is 15.9. The lowest BCUT2D eigenvalue weighted by molar-refractivity contribution is 0.0697. The molecule has 110 valence electrons. The van der Waals surface area contributed by atoms with Crippen LogP contribution in [0.15, 0.2) is 48.5 Å². The summed E-state index contributed by atoms with van der Waals surface area (Å²) in [5, 5.41) is 12.2. The van der Waals surface area contributed by atoms with Crippen molar-refractivity contribution in [1.29, 1.82) is 0 Å². The van der Waals surface area contributed by atoms with Gasteiger partial charge in [-0.25, -0.2) is 4.79 Å². The number of benzene rings is 2. The number of nitrogens with one attached hydrogen (secondary N) is 1. The highest BCUT2D eigenvalue weighted by molar-refractivity contribution is 5.88. The molecule has 0 amide bonds. The van der Waals surface area contributed by atoms with E-state index in [0.717, 1.165) is 24.0 Å². The van der Waals surface area contributed by atoms with E-state index in [4.69, 9.17) is 5.11 Å². The van der Waals surface area contributed by atoms with Gasteiger partial charge in [0, 0.05) is 6.04 Å². The van der Waals surface area contributed by atoms with Gasteiger partial charge in [-0.1, -0.05) is 36.4 Å². The first-order valence-corrected chi connectivity index (χ1v) is 7.20. The molecule has 0 fully saturated rings. The molecule has 0 spiro atoms. The van der Waals surface area contributed by atoms with Crippen LogP contribution < -0.4 is 5.32 Å². The van der Waals surface area contributed by atoms with E-state index in [2.05, 4.69) is 36.5 Å². The molecule has 0 bridgehead atoms. The van der Waals surface area contributed by atoms with E-state index in [9.17, 15) is 4.79 Å². The van der Waals surface area contributed by atoms with Gasteiger partial charge in [-0.15, -0.1) is 0 Å². The Hall–Kier alpha value is -2.13. The molecule has 0 heterocycles. The van der Waals surface area contributed by atoms with Gasteiger partial charge in [-0.2, -0.15) is 0 Å². The third-order valence-corrected chi connectivity index (χ3v) is 3.75. The summed E-state index contributed by atoms with van der Waals surface area (Å²) in [7, 11) is 1.98. The number of carboxylic acid groups (broad SMARTS) is 1. The maximum atomic E-state index is 10.9. The molecular weight excluding hydrogens is 262 g/mol. The van der Waals surface area contributed by atoms with Crippen molar-refractivity contribution in [3.63, 3.8) is 0 Å². The van der Waals surface area contributed by atoms with Crippen LogP contribution in [0, 0.1) is 0 Å². The van der Waals surface area contributed by atoms with Gasteiger partial charge in [0.25, 0.3) is 0 Å². The lowest BCUT2D eigenvalue weighted by atomic mass is 9.99. The molecule has 0 saturated carbocycles. The van der Waals surface area contributed by atoms with Crippen molar-refractivity contribution < 1.29 is 9.90 Å². The maximum Gasteiger partial charge on any atom is 0.335 e. The van der Waals surface area contributed by atoms with E-state index in [-0.39, 0.29) is 0 Å². The zero-order valence-corrected chi connectivity index (χ0v) is 12.5. The van der Waals surface area contributed by atoms with Crippen molar-refractivity contribution >= 4 is 5.97 Å². The minimum absolute atomic E-state index is 0.317. The van der Waals surface area contributed by atoms with Crippen molar-refractivity contribution in [2.75, 3.05) is 7.05 Å². The molecule has 1 unspecified atom stereocenters. The highest BCUT2D eigenvalue weighted by atomic mass is 16.4.